The summed E-state index contributed by atoms with van der Waals surface area (Å²) in [7, 11) is -2.71. The molecular formula is C18H16ClFO5S. The molecule has 5 nitrogen and oxygen atoms in total. The number of ether oxygens (including phenoxy) is 1. The lowest BCUT2D eigenvalue weighted by molar-refractivity contribution is -0.145. The van der Waals surface area contributed by atoms with Gasteiger partial charge in [0.15, 0.2) is 9.84 Å². The van der Waals surface area contributed by atoms with Gasteiger partial charge in [-0.05, 0) is 42.0 Å². The molecule has 0 aromatic heterocycles. The molecule has 1 N–H and O–H groups in total. The molecule has 3 rings (SSSR count). The van der Waals surface area contributed by atoms with Gasteiger partial charge in [0.2, 0.25) is 0 Å². The van der Waals surface area contributed by atoms with Gasteiger partial charge in [-0.25, -0.2) is 12.8 Å². The minimum atomic E-state index is -4.01. The zero-order valence-corrected chi connectivity index (χ0v) is 15.3. The Morgan fingerprint density at radius 1 is 1.27 bits per heavy atom. The van der Waals surface area contributed by atoms with Gasteiger partial charge in [0.05, 0.1) is 16.8 Å². The molecule has 2 aromatic carbocycles. The summed E-state index contributed by atoms with van der Waals surface area (Å²) < 4.78 is 44.9. The predicted molar refractivity (Wildman–Crippen MR) is 93.5 cm³/mol. The summed E-state index contributed by atoms with van der Waals surface area (Å²) >= 11 is 5.80. The van der Waals surface area contributed by atoms with E-state index in [-0.39, 0.29) is 11.5 Å². The van der Waals surface area contributed by atoms with Crippen molar-refractivity contribution in [3.8, 4) is 0 Å². The number of benzene rings is 2. The van der Waals surface area contributed by atoms with E-state index in [1.165, 1.54) is 49.6 Å². The zero-order chi connectivity index (χ0) is 19.1. The maximum absolute atomic E-state index is 13.6. The highest BCUT2D eigenvalue weighted by Gasteiger charge is 2.76. The van der Waals surface area contributed by atoms with E-state index < -0.39 is 38.2 Å². The highest BCUT2D eigenvalue weighted by Crippen LogP contribution is 2.64. The third-order valence-corrected chi connectivity index (χ3v) is 7.26. The number of sulfone groups is 1. The van der Waals surface area contributed by atoms with Crippen LogP contribution in [0.4, 0.5) is 4.39 Å². The number of methoxy groups -OCH3 is 1. The van der Waals surface area contributed by atoms with Crippen LogP contribution in [-0.2, 0) is 19.4 Å². The van der Waals surface area contributed by atoms with Crippen molar-refractivity contribution in [1.82, 2.24) is 0 Å². The fourth-order valence-electron chi connectivity index (χ4n) is 3.53. The van der Waals surface area contributed by atoms with Gasteiger partial charge < -0.3 is 9.84 Å². The van der Waals surface area contributed by atoms with Crippen LogP contribution >= 0.6 is 11.6 Å². The number of halogens is 2. The Kier molecular flexibility index (Phi) is 4.81. The molecular weight excluding hydrogens is 383 g/mol. The van der Waals surface area contributed by atoms with Gasteiger partial charge in [-0.2, -0.15) is 0 Å². The summed E-state index contributed by atoms with van der Waals surface area (Å²) in [4.78, 5) is 12.0. The molecule has 0 amide bonds. The Hall–Kier alpha value is -1.96. The van der Waals surface area contributed by atoms with Gasteiger partial charge in [0.25, 0.3) is 0 Å². The Bertz CT molecular complexity index is 944. The molecule has 0 heterocycles. The Morgan fingerprint density at radius 3 is 2.46 bits per heavy atom. The van der Waals surface area contributed by atoms with Crippen LogP contribution in [0.15, 0.2) is 53.4 Å². The van der Waals surface area contributed by atoms with E-state index in [1.54, 1.807) is 0 Å². The molecule has 1 aliphatic carbocycles. The number of hydrogen-bond donors (Lipinski definition) is 1. The molecule has 0 spiro atoms. The van der Waals surface area contributed by atoms with E-state index in [2.05, 4.69) is 0 Å². The largest absolute Gasteiger partial charge is 0.481 e. The summed E-state index contributed by atoms with van der Waals surface area (Å²) in [5.41, 5.74) is -1.37. The second kappa shape index (κ2) is 6.64. The van der Waals surface area contributed by atoms with Gasteiger partial charge in [-0.3, -0.25) is 4.79 Å². The number of carboxylic acid groups (broad SMARTS) is 1. The van der Waals surface area contributed by atoms with Gasteiger partial charge in [-0.1, -0.05) is 23.7 Å². The maximum atomic E-state index is 13.6. The van der Waals surface area contributed by atoms with Crippen LogP contribution in [0.1, 0.15) is 11.5 Å². The summed E-state index contributed by atoms with van der Waals surface area (Å²) in [5, 5.41) is 8.90. The molecule has 26 heavy (non-hydrogen) atoms. The fourth-order valence-corrected chi connectivity index (χ4v) is 6.01. The molecule has 1 saturated carbocycles. The summed E-state index contributed by atoms with van der Waals surface area (Å²) in [5.74, 6) is -2.78. The van der Waals surface area contributed by atoms with Crippen molar-refractivity contribution in [2.24, 2.45) is 5.41 Å². The van der Waals surface area contributed by atoms with E-state index in [1.807, 2.05) is 0 Å². The topological polar surface area (TPSA) is 80.7 Å². The lowest BCUT2D eigenvalue weighted by atomic mass is 10.00. The van der Waals surface area contributed by atoms with E-state index in [9.17, 15) is 22.7 Å². The van der Waals surface area contributed by atoms with Crippen LogP contribution in [-0.4, -0.2) is 38.5 Å². The number of carbonyl (C=O) groups is 1. The van der Waals surface area contributed by atoms with Gasteiger partial charge >= 0.3 is 5.97 Å². The van der Waals surface area contributed by atoms with Crippen LogP contribution in [0, 0.1) is 11.2 Å². The quantitative estimate of drug-likeness (QED) is 0.808. The molecule has 0 radical (unpaired) electrons. The first-order valence-electron chi connectivity index (χ1n) is 7.72. The normalized spacial score (nSPS) is 25.0. The van der Waals surface area contributed by atoms with E-state index in [4.69, 9.17) is 16.3 Å². The Balaban J connectivity index is 2.13. The van der Waals surface area contributed by atoms with Gasteiger partial charge in [-0.15, -0.1) is 0 Å². The minimum absolute atomic E-state index is 0.0347. The van der Waals surface area contributed by atoms with Crippen molar-refractivity contribution in [3.63, 3.8) is 0 Å². The van der Waals surface area contributed by atoms with Crippen molar-refractivity contribution < 1.29 is 27.4 Å². The molecule has 1 aliphatic rings. The number of aliphatic carboxylic acids is 1. The van der Waals surface area contributed by atoms with Crippen LogP contribution in [0.25, 0.3) is 0 Å². The van der Waals surface area contributed by atoms with Crippen LogP contribution in [0.5, 0.6) is 0 Å². The molecule has 3 atom stereocenters. The van der Waals surface area contributed by atoms with Crippen molar-refractivity contribution in [2.75, 3.05) is 13.7 Å². The summed E-state index contributed by atoms with van der Waals surface area (Å²) in [6.07, 6.45) is 0. The first-order chi connectivity index (χ1) is 12.2. The average molecular weight is 399 g/mol. The summed E-state index contributed by atoms with van der Waals surface area (Å²) in [6.45, 7) is -0.305. The van der Waals surface area contributed by atoms with Gasteiger partial charge in [0.1, 0.15) is 11.2 Å². The Labute approximate surface area is 155 Å². The Morgan fingerprint density at radius 2 is 1.92 bits per heavy atom. The van der Waals surface area contributed by atoms with Crippen LogP contribution < -0.4 is 0 Å². The van der Waals surface area contributed by atoms with E-state index >= 15 is 0 Å². The lowest BCUT2D eigenvalue weighted by Gasteiger charge is -2.12. The lowest BCUT2D eigenvalue weighted by Crippen LogP contribution is -2.28. The number of hydrogen-bond acceptors (Lipinski definition) is 4. The second-order valence-electron chi connectivity index (χ2n) is 6.23. The maximum Gasteiger partial charge on any atom is 0.314 e. The average Bonchev–Trinajstić information content (AvgIpc) is 3.27. The van der Waals surface area contributed by atoms with Crippen LogP contribution in [0.3, 0.4) is 0 Å². The fraction of sp³-hybridized carbons (Fsp3) is 0.278. The van der Waals surface area contributed by atoms with Crippen molar-refractivity contribution in [3.05, 3.63) is 64.9 Å². The molecule has 138 valence electrons. The highest BCUT2D eigenvalue weighted by molar-refractivity contribution is 7.92. The highest BCUT2D eigenvalue weighted by atomic mass is 35.5. The van der Waals surface area contributed by atoms with Gasteiger partial charge in [0, 0.05) is 18.1 Å². The monoisotopic (exact) mass is 398 g/mol. The van der Waals surface area contributed by atoms with E-state index in [0.29, 0.717) is 10.6 Å². The first-order valence-corrected chi connectivity index (χ1v) is 9.65. The van der Waals surface area contributed by atoms with Crippen molar-refractivity contribution in [1.29, 1.82) is 0 Å². The SMILES string of the molecule is COC[C@@]1(C(=O)O)[C@@H](c2cccc(F)c2)[C@@H]1S(=O)(=O)c1ccc(Cl)cc1. The van der Waals surface area contributed by atoms with E-state index in [0.717, 1.165) is 6.07 Å². The molecule has 8 heteroatoms. The third kappa shape index (κ3) is 2.90. The predicted octanol–water partition coefficient (Wildman–Crippen LogP) is 3.14. The van der Waals surface area contributed by atoms with Crippen LogP contribution in [0.2, 0.25) is 5.02 Å². The third-order valence-electron chi connectivity index (χ3n) is 4.72. The molecule has 0 aliphatic heterocycles. The molecule has 0 saturated heterocycles. The number of rotatable bonds is 6. The van der Waals surface area contributed by atoms with Crippen molar-refractivity contribution >= 4 is 27.4 Å². The zero-order valence-electron chi connectivity index (χ0n) is 13.7. The molecule has 0 unspecified atom stereocenters. The molecule has 1 fully saturated rings. The number of carboxylic acids is 1. The first kappa shape index (κ1) is 18.8. The second-order valence-corrected chi connectivity index (χ2v) is 8.74. The summed E-state index contributed by atoms with van der Waals surface area (Å²) in [6, 6.07) is 10.8. The standard InChI is InChI=1S/C18H16ClFO5S/c1-25-10-18(17(21)22)15(11-3-2-4-13(20)9-11)16(18)26(23,24)14-7-5-12(19)6-8-14/h2-9,15-16H,10H2,1H3,(H,21,22)/t15-,16-,18+/m0/s1. The smallest absolute Gasteiger partial charge is 0.314 e. The van der Waals surface area contributed by atoms with Crippen molar-refractivity contribution in [2.45, 2.75) is 16.1 Å². The minimum Gasteiger partial charge on any atom is -0.481 e. The molecule has 2 aromatic rings. The molecule has 0 bridgehead atoms.